The van der Waals surface area contributed by atoms with Gasteiger partial charge in [-0.05, 0) is 62.2 Å². The lowest BCUT2D eigenvalue weighted by molar-refractivity contribution is 0.102. The SMILES string of the molecule is Cc1nc2cc(C(=O)Nc3ccc(N4CCCC4)cc3)ccc2n1C. The minimum Gasteiger partial charge on any atom is -0.372 e. The van der Waals surface area contributed by atoms with Gasteiger partial charge in [0.15, 0.2) is 0 Å². The summed E-state index contributed by atoms with van der Waals surface area (Å²) >= 11 is 0. The second-order valence-corrected chi connectivity index (χ2v) is 6.62. The highest BCUT2D eigenvalue weighted by molar-refractivity contribution is 6.06. The molecule has 1 fully saturated rings. The first-order valence-corrected chi connectivity index (χ1v) is 8.71. The highest BCUT2D eigenvalue weighted by atomic mass is 16.1. The largest absolute Gasteiger partial charge is 0.372 e. The van der Waals surface area contributed by atoms with Crippen LogP contribution in [-0.2, 0) is 7.05 Å². The molecule has 1 aromatic heterocycles. The molecule has 0 atom stereocenters. The summed E-state index contributed by atoms with van der Waals surface area (Å²) in [6, 6.07) is 13.7. The molecule has 0 unspecified atom stereocenters. The summed E-state index contributed by atoms with van der Waals surface area (Å²) in [6.45, 7) is 4.20. The normalized spacial score (nSPS) is 14.2. The van der Waals surface area contributed by atoms with Gasteiger partial charge in [0.1, 0.15) is 5.82 Å². The molecule has 128 valence electrons. The Kier molecular flexibility index (Phi) is 3.92. The van der Waals surface area contributed by atoms with Crippen LogP contribution in [0.1, 0.15) is 29.0 Å². The summed E-state index contributed by atoms with van der Waals surface area (Å²) in [5.74, 6) is 0.823. The minimum atomic E-state index is -0.112. The average molecular weight is 334 g/mol. The van der Waals surface area contributed by atoms with Crippen LogP contribution in [0.2, 0.25) is 0 Å². The van der Waals surface area contributed by atoms with Crippen molar-refractivity contribution < 1.29 is 4.79 Å². The summed E-state index contributed by atoms with van der Waals surface area (Å²) in [5.41, 5.74) is 4.53. The maximum Gasteiger partial charge on any atom is 0.255 e. The number of carbonyl (C=O) groups excluding carboxylic acids is 1. The van der Waals surface area contributed by atoms with Gasteiger partial charge in [0.2, 0.25) is 0 Å². The summed E-state index contributed by atoms with van der Waals surface area (Å²) in [5, 5.41) is 2.97. The Morgan fingerprint density at radius 2 is 1.80 bits per heavy atom. The van der Waals surface area contributed by atoms with E-state index in [9.17, 15) is 4.79 Å². The number of benzene rings is 2. The predicted octanol–water partition coefficient (Wildman–Crippen LogP) is 3.73. The van der Waals surface area contributed by atoms with Crippen LogP contribution in [0.15, 0.2) is 42.5 Å². The van der Waals surface area contributed by atoms with Crippen LogP contribution < -0.4 is 10.2 Å². The van der Waals surface area contributed by atoms with Gasteiger partial charge in [-0.25, -0.2) is 4.98 Å². The van der Waals surface area contributed by atoms with Crippen LogP contribution in [0, 0.1) is 6.92 Å². The Hall–Kier alpha value is -2.82. The number of hydrogen-bond donors (Lipinski definition) is 1. The monoisotopic (exact) mass is 334 g/mol. The number of rotatable bonds is 3. The van der Waals surface area contributed by atoms with E-state index in [0.717, 1.165) is 35.6 Å². The maximum atomic E-state index is 12.5. The van der Waals surface area contributed by atoms with Gasteiger partial charge in [-0.15, -0.1) is 0 Å². The fraction of sp³-hybridized carbons (Fsp3) is 0.300. The smallest absolute Gasteiger partial charge is 0.255 e. The lowest BCUT2D eigenvalue weighted by Gasteiger charge is -2.17. The van der Waals surface area contributed by atoms with Crippen LogP contribution >= 0.6 is 0 Å². The number of nitrogens with zero attached hydrogens (tertiary/aromatic N) is 3. The van der Waals surface area contributed by atoms with E-state index in [1.54, 1.807) is 0 Å². The van der Waals surface area contributed by atoms with E-state index in [0.29, 0.717) is 5.56 Å². The van der Waals surface area contributed by atoms with Crippen LogP contribution in [-0.4, -0.2) is 28.5 Å². The molecule has 0 saturated carbocycles. The van der Waals surface area contributed by atoms with E-state index in [2.05, 4.69) is 27.3 Å². The zero-order valence-corrected chi connectivity index (χ0v) is 14.6. The molecule has 0 radical (unpaired) electrons. The lowest BCUT2D eigenvalue weighted by atomic mass is 10.1. The van der Waals surface area contributed by atoms with E-state index >= 15 is 0 Å². The van der Waals surface area contributed by atoms with Crippen molar-refractivity contribution in [2.24, 2.45) is 7.05 Å². The summed E-state index contributed by atoms with van der Waals surface area (Å²) in [4.78, 5) is 19.4. The number of imidazole rings is 1. The summed E-state index contributed by atoms with van der Waals surface area (Å²) < 4.78 is 2.02. The fourth-order valence-corrected chi connectivity index (χ4v) is 3.40. The standard InChI is InChI=1S/C20H22N4O/c1-14-21-18-13-15(5-10-19(18)23(14)2)20(25)22-16-6-8-17(9-7-16)24-11-3-4-12-24/h5-10,13H,3-4,11-12H2,1-2H3,(H,22,25). The number of hydrogen-bond acceptors (Lipinski definition) is 3. The molecule has 4 rings (SSSR count). The van der Waals surface area contributed by atoms with Crippen molar-refractivity contribution in [3.05, 3.63) is 53.9 Å². The Morgan fingerprint density at radius 1 is 1.08 bits per heavy atom. The predicted molar refractivity (Wildman–Crippen MR) is 101 cm³/mol. The highest BCUT2D eigenvalue weighted by Gasteiger charge is 2.13. The maximum absolute atomic E-state index is 12.5. The fourth-order valence-electron chi connectivity index (χ4n) is 3.40. The van der Waals surface area contributed by atoms with Gasteiger partial charge >= 0.3 is 0 Å². The Bertz CT molecular complexity index is 921. The molecule has 2 aromatic carbocycles. The molecule has 0 spiro atoms. The number of aryl methyl sites for hydroxylation is 2. The van der Waals surface area contributed by atoms with Crippen LogP contribution in [0.4, 0.5) is 11.4 Å². The molecule has 2 heterocycles. The van der Waals surface area contributed by atoms with Crippen molar-refractivity contribution in [3.63, 3.8) is 0 Å². The number of carbonyl (C=O) groups is 1. The molecular weight excluding hydrogens is 312 g/mol. The third kappa shape index (κ3) is 2.97. The lowest BCUT2D eigenvalue weighted by Crippen LogP contribution is -2.17. The molecule has 5 heteroatoms. The molecular formula is C20H22N4O. The molecule has 1 aliphatic rings. The van der Waals surface area contributed by atoms with E-state index in [1.165, 1.54) is 18.5 Å². The van der Waals surface area contributed by atoms with Crippen molar-refractivity contribution in [1.82, 2.24) is 9.55 Å². The molecule has 5 nitrogen and oxygen atoms in total. The van der Waals surface area contributed by atoms with Crippen LogP contribution in [0.25, 0.3) is 11.0 Å². The number of fused-ring (bicyclic) bond motifs is 1. The molecule has 1 N–H and O–H groups in total. The Morgan fingerprint density at radius 3 is 2.52 bits per heavy atom. The van der Waals surface area contributed by atoms with Gasteiger partial charge in [-0.1, -0.05) is 0 Å². The van der Waals surface area contributed by atoms with Crippen molar-refractivity contribution in [2.75, 3.05) is 23.3 Å². The molecule has 25 heavy (non-hydrogen) atoms. The summed E-state index contributed by atoms with van der Waals surface area (Å²) in [6.07, 6.45) is 2.52. The zero-order valence-electron chi connectivity index (χ0n) is 14.6. The van der Waals surface area contributed by atoms with Crippen molar-refractivity contribution in [3.8, 4) is 0 Å². The van der Waals surface area contributed by atoms with Gasteiger partial charge in [0.05, 0.1) is 11.0 Å². The first kappa shape index (κ1) is 15.7. The first-order valence-electron chi connectivity index (χ1n) is 8.71. The Labute approximate surface area is 147 Å². The van der Waals surface area contributed by atoms with Crippen LogP contribution in [0.5, 0.6) is 0 Å². The van der Waals surface area contributed by atoms with E-state index in [-0.39, 0.29) is 5.91 Å². The van der Waals surface area contributed by atoms with Gasteiger partial charge in [-0.3, -0.25) is 4.79 Å². The minimum absolute atomic E-state index is 0.112. The number of aromatic nitrogens is 2. The molecule has 1 saturated heterocycles. The second-order valence-electron chi connectivity index (χ2n) is 6.62. The molecule has 1 amide bonds. The third-order valence-electron chi connectivity index (χ3n) is 4.96. The molecule has 3 aromatic rings. The average Bonchev–Trinajstić information content (AvgIpc) is 3.24. The molecule has 0 bridgehead atoms. The van der Waals surface area contributed by atoms with Crippen LogP contribution in [0.3, 0.4) is 0 Å². The second kappa shape index (κ2) is 6.24. The molecule has 1 aliphatic heterocycles. The van der Waals surface area contributed by atoms with Crippen molar-refractivity contribution in [1.29, 1.82) is 0 Å². The third-order valence-corrected chi connectivity index (χ3v) is 4.96. The van der Waals surface area contributed by atoms with E-state index in [4.69, 9.17) is 0 Å². The summed E-state index contributed by atoms with van der Waals surface area (Å²) in [7, 11) is 1.98. The van der Waals surface area contributed by atoms with E-state index < -0.39 is 0 Å². The van der Waals surface area contributed by atoms with Gasteiger partial charge in [0, 0.05) is 37.1 Å². The van der Waals surface area contributed by atoms with Gasteiger partial charge < -0.3 is 14.8 Å². The first-order chi connectivity index (χ1) is 12.1. The quantitative estimate of drug-likeness (QED) is 0.794. The highest BCUT2D eigenvalue weighted by Crippen LogP contribution is 2.23. The topological polar surface area (TPSA) is 50.2 Å². The van der Waals surface area contributed by atoms with E-state index in [1.807, 2.05) is 48.9 Å². The zero-order chi connectivity index (χ0) is 17.4. The van der Waals surface area contributed by atoms with Crippen molar-refractivity contribution >= 4 is 28.3 Å². The molecule has 0 aliphatic carbocycles. The van der Waals surface area contributed by atoms with Gasteiger partial charge in [0.25, 0.3) is 5.91 Å². The number of anilines is 2. The number of nitrogens with one attached hydrogen (secondary N) is 1. The van der Waals surface area contributed by atoms with Crippen molar-refractivity contribution in [2.45, 2.75) is 19.8 Å². The van der Waals surface area contributed by atoms with Gasteiger partial charge in [-0.2, -0.15) is 0 Å². The Balaban J connectivity index is 1.51. The number of amides is 1.